The molecule has 0 aliphatic heterocycles. The number of nitrogens with one attached hydrogen (secondary N) is 1. The zero-order chi connectivity index (χ0) is 16.1. The van der Waals surface area contributed by atoms with Gasteiger partial charge in [0.1, 0.15) is 0 Å². The van der Waals surface area contributed by atoms with E-state index in [0.717, 1.165) is 0 Å². The average Bonchev–Trinajstić information content (AvgIpc) is 2.51. The third-order valence-corrected chi connectivity index (χ3v) is 2.86. The van der Waals surface area contributed by atoms with Crippen molar-refractivity contribution in [2.75, 3.05) is 7.11 Å². The highest BCUT2D eigenvalue weighted by Gasteiger charge is 2.09. The first-order valence-electron chi connectivity index (χ1n) is 6.24. The first-order chi connectivity index (χ1) is 10.5. The van der Waals surface area contributed by atoms with Crippen LogP contribution in [0.2, 0.25) is 0 Å². The minimum absolute atomic E-state index is 0.0766. The molecule has 2 aromatic rings. The van der Waals surface area contributed by atoms with Crippen molar-refractivity contribution in [2.24, 2.45) is 5.10 Å². The zero-order valence-corrected chi connectivity index (χ0v) is 11.6. The maximum absolute atomic E-state index is 11.9. The van der Waals surface area contributed by atoms with Crippen LogP contribution in [-0.4, -0.2) is 34.6 Å². The Balaban J connectivity index is 2.09. The normalized spacial score (nSPS) is 10.6. The van der Waals surface area contributed by atoms with Crippen LogP contribution in [0.1, 0.15) is 15.9 Å². The van der Waals surface area contributed by atoms with Crippen molar-refractivity contribution in [3.8, 4) is 23.0 Å². The Hall–Kier alpha value is -3.22. The molecule has 0 aliphatic carbocycles. The molecule has 22 heavy (non-hydrogen) atoms. The molecule has 7 heteroatoms. The molecule has 4 N–H and O–H groups in total. The maximum atomic E-state index is 11.9. The van der Waals surface area contributed by atoms with Gasteiger partial charge in [-0.05, 0) is 30.3 Å². The average molecular weight is 302 g/mol. The van der Waals surface area contributed by atoms with Crippen molar-refractivity contribution >= 4 is 12.1 Å². The molecule has 0 bridgehead atoms. The molecule has 2 rings (SSSR count). The van der Waals surface area contributed by atoms with Gasteiger partial charge in [0.15, 0.2) is 23.0 Å². The minimum Gasteiger partial charge on any atom is -0.504 e. The summed E-state index contributed by atoms with van der Waals surface area (Å²) in [5.41, 5.74) is 2.76. The van der Waals surface area contributed by atoms with Crippen molar-refractivity contribution in [1.82, 2.24) is 5.43 Å². The number of para-hydroxylation sites is 1. The van der Waals surface area contributed by atoms with Crippen LogP contribution in [0.4, 0.5) is 0 Å². The highest BCUT2D eigenvalue weighted by molar-refractivity contribution is 5.95. The van der Waals surface area contributed by atoms with Gasteiger partial charge in [-0.3, -0.25) is 4.79 Å². The number of methoxy groups -OCH3 is 1. The number of ether oxygens (including phenoxy) is 1. The van der Waals surface area contributed by atoms with E-state index in [-0.39, 0.29) is 34.1 Å². The summed E-state index contributed by atoms with van der Waals surface area (Å²) >= 11 is 0. The number of aromatic hydroxyl groups is 3. The highest BCUT2D eigenvalue weighted by Crippen LogP contribution is 2.27. The van der Waals surface area contributed by atoms with E-state index in [1.807, 2.05) is 0 Å². The van der Waals surface area contributed by atoms with Crippen molar-refractivity contribution in [1.29, 1.82) is 0 Å². The van der Waals surface area contributed by atoms with E-state index in [4.69, 9.17) is 4.74 Å². The number of benzene rings is 2. The Morgan fingerprint density at radius 1 is 1.18 bits per heavy atom. The molecule has 0 saturated carbocycles. The van der Waals surface area contributed by atoms with Gasteiger partial charge in [0, 0.05) is 11.1 Å². The second-order valence-corrected chi connectivity index (χ2v) is 4.30. The summed E-state index contributed by atoms with van der Waals surface area (Å²) in [5, 5.41) is 32.1. The van der Waals surface area contributed by atoms with Crippen LogP contribution in [0.15, 0.2) is 41.5 Å². The number of nitrogens with zero attached hydrogens (tertiary/aromatic N) is 1. The SMILES string of the molecule is COc1cc(C(=O)N/N=C/c2cccc(O)c2O)ccc1O. The molecule has 0 atom stereocenters. The Morgan fingerprint density at radius 3 is 2.68 bits per heavy atom. The van der Waals surface area contributed by atoms with Gasteiger partial charge < -0.3 is 20.1 Å². The predicted molar refractivity (Wildman–Crippen MR) is 79.5 cm³/mol. The number of hydrogen-bond acceptors (Lipinski definition) is 6. The van der Waals surface area contributed by atoms with E-state index in [0.29, 0.717) is 0 Å². The molecular formula is C15H14N2O5. The van der Waals surface area contributed by atoms with Crippen molar-refractivity contribution in [2.45, 2.75) is 0 Å². The number of hydrogen-bond donors (Lipinski definition) is 4. The molecule has 2 aromatic carbocycles. The lowest BCUT2D eigenvalue weighted by Crippen LogP contribution is -2.17. The molecule has 114 valence electrons. The van der Waals surface area contributed by atoms with Gasteiger partial charge in [-0.15, -0.1) is 0 Å². The molecule has 7 nitrogen and oxygen atoms in total. The smallest absolute Gasteiger partial charge is 0.271 e. The summed E-state index contributed by atoms with van der Waals surface area (Å²) in [6.45, 7) is 0. The first-order valence-corrected chi connectivity index (χ1v) is 6.24. The largest absolute Gasteiger partial charge is 0.504 e. The second kappa shape index (κ2) is 6.49. The van der Waals surface area contributed by atoms with E-state index in [2.05, 4.69) is 10.5 Å². The maximum Gasteiger partial charge on any atom is 0.271 e. The number of rotatable bonds is 4. The quantitative estimate of drug-likeness (QED) is 0.389. The van der Waals surface area contributed by atoms with Crippen LogP contribution >= 0.6 is 0 Å². The lowest BCUT2D eigenvalue weighted by Gasteiger charge is -2.05. The van der Waals surface area contributed by atoms with Gasteiger partial charge in [0.25, 0.3) is 5.91 Å². The van der Waals surface area contributed by atoms with Crippen LogP contribution in [0.25, 0.3) is 0 Å². The molecule has 0 aromatic heterocycles. The number of phenolic OH excluding ortho intramolecular Hbond substituents is 3. The summed E-state index contributed by atoms with van der Waals surface area (Å²) in [5.74, 6) is -1.03. The van der Waals surface area contributed by atoms with E-state index in [1.54, 1.807) is 0 Å². The van der Waals surface area contributed by atoms with Gasteiger partial charge in [-0.2, -0.15) is 5.10 Å². The summed E-state index contributed by atoms with van der Waals surface area (Å²) in [7, 11) is 1.37. The van der Waals surface area contributed by atoms with E-state index in [1.165, 1.54) is 49.7 Å². The fourth-order valence-corrected chi connectivity index (χ4v) is 1.70. The number of carbonyl (C=O) groups excluding carboxylic acids is 1. The van der Waals surface area contributed by atoms with E-state index in [9.17, 15) is 20.1 Å². The molecule has 0 heterocycles. The molecule has 0 unspecified atom stereocenters. The lowest BCUT2D eigenvalue weighted by molar-refractivity contribution is 0.0954. The molecule has 0 spiro atoms. The Kier molecular flexibility index (Phi) is 4.47. The number of phenols is 3. The van der Waals surface area contributed by atoms with Gasteiger partial charge in [0.05, 0.1) is 13.3 Å². The molecule has 0 aliphatic rings. The van der Waals surface area contributed by atoms with Gasteiger partial charge in [-0.25, -0.2) is 5.43 Å². The van der Waals surface area contributed by atoms with E-state index >= 15 is 0 Å². The summed E-state index contributed by atoms with van der Waals surface area (Å²) in [6, 6.07) is 8.49. The Labute approximate surface area is 126 Å². The monoisotopic (exact) mass is 302 g/mol. The van der Waals surface area contributed by atoms with Crippen LogP contribution in [0.3, 0.4) is 0 Å². The zero-order valence-electron chi connectivity index (χ0n) is 11.6. The lowest BCUT2D eigenvalue weighted by atomic mass is 10.2. The minimum atomic E-state index is -0.519. The van der Waals surface area contributed by atoms with Gasteiger partial charge in [-0.1, -0.05) is 6.07 Å². The standard InChI is InChI=1S/C15H14N2O5/c1-22-13-7-9(5-6-11(13)18)15(21)17-16-8-10-3-2-4-12(19)14(10)20/h2-8,18-20H,1H3,(H,17,21)/b16-8+. The summed E-state index contributed by atoms with van der Waals surface area (Å²) < 4.78 is 4.91. The number of amides is 1. The Morgan fingerprint density at radius 2 is 1.95 bits per heavy atom. The second-order valence-electron chi connectivity index (χ2n) is 4.30. The number of carbonyl (C=O) groups is 1. The third kappa shape index (κ3) is 3.26. The topological polar surface area (TPSA) is 111 Å². The van der Waals surface area contributed by atoms with Crippen LogP contribution in [0, 0.1) is 0 Å². The molecule has 0 saturated heterocycles. The van der Waals surface area contributed by atoms with Crippen LogP contribution in [0.5, 0.6) is 23.0 Å². The van der Waals surface area contributed by atoms with Crippen molar-refractivity contribution in [3.05, 3.63) is 47.5 Å². The van der Waals surface area contributed by atoms with Crippen molar-refractivity contribution in [3.63, 3.8) is 0 Å². The number of hydrazone groups is 1. The molecular weight excluding hydrogens is 288 g/mol. The van der Waals surface area contributed by atoms with Gasteiger partial charge >= 0.3 is 0 Å². The molecule has 0 fully saturated rings. The summed E-state index contributed by atoms with van der Waals surface area (Å²) in [4.78, 5) is 11.9. The molecule has 1 amide bonds. The van der Waals surface area contributed by atoms with Crippen LogP contribution in [-0.2, 0) is 0 Å². The van der Waals surface area contributed by atoms with Crippen molar-refractivity contribution < 1.29 is 24.9 Å². The Bertz CT molecular complexity index is 728. The van der Waals surface area contributed by atoms with Crippen LogP contribution < -0.4 is 10.2 Å². The fraction of sp³-hybridized carbons (Fsp3) is 0.0667. The predicted octanol–water partition coefficient (Wildman–Crippen LogP) is 1.58. The fourth-order valence-electron chi connectivity index (χ4n) is 1.70. The highest BCUT2D eigenvalue weighted by atomic mass is 16.5. The summed E-state index contributed by atoms with van der Waals surface area (Å²) in [6.07, 6.45) is 1.20. The first kappa shape index (κ1) is 15.2. The van der Waals surface area contributed by atoms with E-state index < -0.39 is 5.91 Å². The van der Waals surface area contributed by atoms with Gasteiger partial charge in [0.2, 0.25) is 0 Å². The molecule has 0 radical (unpaired) electrons. The third-order valence-electron chi connectivity index (χ3n) is 2.86.